The molecule has 0 radical (unpaired) electrons. The van der Waals surface area contributed by atoms with Gasteiger partial charge in [-0.25, -0.2) is 4.39 Å². The molecule has 0 fully saturated rings. The van der Waals surface area contributed by atoms with Gasteiger partial charge in [0.15, 0.2) is 0 Å². The summed E-state index contributed by atoms with van der Waals surface area (Å²) in [5.41, 5.74) is 1.13. The van der Waals surface area contributed by atoms with Gasteiger partial charge >= 0.3 is 0 Å². The molecule has 15 heavy (non-hydrogen) atoms. The molecule has 0 aliphatic rings. The van der Waals surface area contributed by atoms with Gasteiger partial charge in [0.1, 0.15) is 5.82 Å². The molecule has 2 aromatic rings. The third-order valence-corrected chi connectivity index (χ3v) is 1.87. The molecule has 2 rings (SSSR count). The minimum atomic E-state index is -0.516. The van der Waals surface area contributed by atoms with E-state index in [0.29, 0.717) is 11.0 Å². The Morgan fingerprint density at radius 2 is 1.87 bits per heavy atom. The molecule has 0 aliphatic heterocycles. The van der Waals surface area contributed by atoms with E-state index in [-0.39, 0.29) is 11.6 Å². The zero-order chi connectivity index (χ0) is 10.8. The van der Waals surface area contributed by atoms with E-state index in [1.165, 1.54) is 31.5 Å². The van der Waals surface area contributed by atoms with Gasteiger partial charge in [-0.1, -0.05) is 0 Å². The van der Waals surface area contributed by atoms with Crippen LogP contribution < -0.4 is 5.32 Å². The second-order valence-corrected chi connectivity index (χ2v) is 3.06. The maximum absolute atomic E-state index is 13.4. The highest BCUT2D eigenvalue weighted by molar-refractivity contribution is 5.91. The number of hydrogen-bond donors (Lipinski definition) is 1. The number of fused-ring (bicyclic) bond motifs is 1. The van der Waals surface area contributed by atoms with Crippen molar-refractivity contribution in [2.45, 2.75) is 6.92 Å². The molecule has 0 spiro atoms. The normalized spacial score (nSPS) is 10.3. The summed E-state index contributed by atoms with van der Waals surface area (Å²) in [5.74, 6) is -0.838. The second-order valence-electron chi connectivity index (χ2n) is 3.06. The number of benzene rings is 1. The standard InChI is InChI=1S/C10H8FN3O/c1-6(15)14-8-5-10-9(4-7(8)11)12-2-3-13-10/h2-5H,1H3,(H,14,15). The van der Waals surface area contributed by atoms with Crippen LogP contribution >= 0.6 is 0 Å². The number of carbonyl (C=O) groups is 1. The Balaban J connectivity index is 2.56. The Labute approximate surface area is 85.2 Å². The fourth-order valence-electron chi connectivity index (χ4n) is 1.27. The lowest BCUT2D eigenvalue weighted by Crippen LogP contribution is -2.07. The number of hydrogen-bond acceptors (Lipinski definition) is 3. The zero-order valence-corrected chi connectivity index (χ0v) is 7.99. The minimum Gasteiger partial charge on any atom is -0.324 e. The van der Waals surface area contributed by atoms with Crippen molar-refractivity contribution in [1.82, 2.24) is 9.97 Å². The van der Waals surface area contributed by atoms with E-state index in [1.54, 1.807) is 0 Å². The molecule has 1 amide bonds. The highest BCUT2D eigenvalue weighted by Crippen LogP contribution is 2.19. The Morgan fingerprint density at radius 3 is 2.47 bits per heavy atom. The van der Waals surface area contributed by atoms with Gasteiger partial charge in [0.25, 0.3) is 0 Å². The van der Waals surface area contributed by atoms with Crippen molar-refractivity contribution < 1.29 is 9.18 Å². The van der Waals surface area contributed by atoms with Crippen LogP contribution in [0.3, 0.4) is 0 Å². The van der Waals surface area contributed by atoms with Gasteiger partial charge in [0.05, 0.1) is 16.7 Å². The van der Waals surface area contributed by atoms with Gasteiger partial charge in [0.2, 0.25) is 5.91 Å². The monoisotopic (exact) mass is 205 g/mol. The molecule has 0 saturated carbocycles. The molecule has 0 aliphatic carbocycles. The van der Waals surface area contributed by atoms with Gasteiger partial charge in [-0.2, -0.15) is 0 Å². The quantitative estimate of drug-likeness (QED) is 0.771. The maximum atomic E-state index is 13.4. The smallest absolute Gasteiger partial charge is 0.221 e. The third-order valence-electron chi connectivity index (χ3n) is 1.87. The van der Waals surface area contributed by atoms with Crippen LogP contribution in [-0.2, 0) is 4.79 Å². The molecule has 76 valence electrons. The molecule has 1 aromatic carbocycles. The topological polar surface area (TPSA) is 54.9 Å². The summed E-state index contributed by atoms with van der Waals surface area (Å²) >= 11 is 0. The van der Waals surface area contributed by atoms with Gasteiger partial charge < -0.3 is 5.32 Å². The number of aromatic nitrogens is 2. The summed E-state index contributed by atoms with van der Waals surface area (Å²) in [6, 6.07) is 2.70. The van der Waals surface area contributed by atoms with Crippen molar-refractivity contribution in [2.75, 3.05) is 5.32 Å². The lowest BCUT2D eigenvalue weighted by molar-refractivity contribution is -0.114. The fourth-order valence-corrected chi connectivity index (χ4v) is 1.27. The highest BCUT2D eigenvalue weighted by atomic mass is 19.1. The molecule has 0 saturated heterocycles. The summed E-state index contributed by atoms with van der Waals surface area (Å²) in [5, 5.41) is 2.38. The summed E-state index contributed by atoms with van der Waals surface area (Å²) < 4.78 is 13.4. The predicted octanol–water partition coefficient (Wildman–Crippen LogP) is 1.73. The van der Waals surface area contributed by atoms with Crippen LogP contribution in [0.4, 0.5) is 10.1 Å². The van der Waals surface area contributed by atoms with E-state index in [9.17, 15) is 9.18 Å². The molecule has 1 heterocycles. The van der Waals surface area contributed by atoms with Crippen LogP contribution in [0.2, 0.25) is 0 Å². The van der Waals surface area contributed by atoms with Crippen molar-refractivity contribution >= 4 is 22.6 Å². The lowest BCUT2D eigenvalue weighted by Gasteiger charge is -2.04. The minimum absolute atomic E-state index is 0.121. The first-order chi connectivity index (χ1) is 7.16. The average molecular weight is 205 g/mol. The third kappa shape index (κ3) is 1.90. The van der Waals surface area contributed by atoms with Crippen LogP contribution in [0.15, 0.2) is 24.5 Å². The van der Waals surface area contributed by atoms with Crippen LogP contribution in [0.25, 0.3) is 11.0 Å². The number of rotatable bonds is 1. The first-order valence-corrected chi connectivity index (χ1v) is 4.34. The van der Waals surface area contributed by atoms with Crippen LogP contribution in [-0.4, -0.2) is 15.9 Å². The lowest BCUT2D eigenvalue weighted by atomic mass is 10.2. The summed E-state index contributed by atoms with van der Waals surface area (Å²) in [6.07, 6.45) is 3.00. The van der Waals surface area contributed by atoms with Crippen molar-refractivity contribution in [3.63, 3.8) is 0 Å². The van der Waals surface area contributed by atoms with E-state index in [4.69, 9.17) is 0 Å². The predicted molar refractivity (Wildman–Crippen MR) is 53.8 cm³/mol. The van der Waals surface area contributed by atoms with Crippen molar-refractivity contribution in [1.29, 1.82) is 0 Å². The zero-order valence-electron chi connectivity index (χ0n) is 7.99. The summed E-state index contributed by atoms with van der Waals surface area (Å²) in [4.78, 5) is 18.7. The Hall–Kier alpha value is -2.04. The number of nitrogens with one attached hydrogen (secondary N) is 1. The molecule has 1 aromatic heterocycles. The first-order valence-electron chi connectivity index (χ1n) is 4.34. The van der Waals surface area contributed by atoms with E-state index < -0.39 is 5.82 Å². The SMILES string of the molecule is CC(=O)Nc1cc2nccnc2cc1F. The van der Waals surface area contributed by atoms with Gasteiger partial charge in [-0.15, -0.1) is 0 Å². The van der Waals surface area contributed by atoms with Gasteiger partial charge in [0, 0.05) is 25.4 Å². The molecular formula is C10H8FN3O. The molecule has 0 bridgehead atoms. The Kier molecular flexibility index (Phi) is 2.29. The van der Waals surface area contributed by atoms with Crippen molar-refractivity contribution in [3.8, 4) is 0 Å². The van der Waals surface area contributed by atoms with E-state index >= 15 is 0 Å². The van der Waals surface area contributed by atoms with Crippen molar-refractivity contribution in [2.24, 2.45) is 0 Å². The number of anilines is 1. The molecule has 5 heteroatoms. The van der Waals surface area contributed by atoms with Crippen LogP contribution in [0, 0.1) is 5.82 Å². The molecule has 1 N–H and O–H groups in total. The molecular weight excluding hydrogens is 197 g/mol. The van der Waals surface area contributed by atoms with E-state index in [2.05, 4.69) is 15.3 Å². The first kappa shape index (κ1) is 9.51. The summed E-state index contributed by atoms with van der Waals surface area (Å²) in [7, 11) is 0. The van der Waals surface area contributed by atoms with Crippen molar-refractivity contribution in [3.05, 3.63) is 30.3 Å². The number of amides is 1. The Bertz CT molecular complexity index is 527. The van der Waals surface area contributed by atoms with Gasteiger partial charge in [-0.3, -0.25) is 14.8 Å². The molecule has 4 nitrogen and oxygen atoms in total. The van der Waals surface area contributed by atoms with Crippen LogP contribution in [0.5, 0.6) is 0 Å². The number of carbonyl (C=O) groups excluding carboxylic acids is 1. The van der Waals surface area contributed by atoms with E-state index in [0.717, 1.165) is 0 Å². The molecule has 0 unspecified atom stereocenters. The number of halogens is 1. The summed E-state index contributed by atoms with van der Waals surface area (Å²) in [6.45, 7) is 1.32. The second kappa shape index (κ2) is 3.61. The highest BCUT2D eigenvalue weighted by Gasteiger charge is 2.06. The largest absolute Gasteiger partial charge is 0.324 e. The fraction of sp³-hybridized carbons (Fsp3) is 0.100. The number of nitrogens with zero attached hydrogens (tertiary/aromatic N) is 2. The molecule has 0 atom stereocenters. The van der Waals surface area contributed by atoms with Crippen LogP contribution in [0.1, 0.15) is 6.92 Å². The van der Waals surface area contributed by atoms with Gasteiger partial charge in [-0.05, 0) is 6.07 Å². The Morgan fingerprint density at radius 1 is 1.27 bits per heavy atom. The average Bonchev–Trinajstić information content (AvgIpc) is 2.18. The maximum Gasteiger partial charge on any atom is 0.221 e. The van der Waals surface area contributed by atoms with E-state index in [1.807, 2.05) is 0 Å².